The Morgan fingerprint density at radius 2 is 1.65 bits per heavy atom. The van der Waals surface area contributed by atoms with E-state index in [-0.39, 0.29) is 23.4 Å². The summed E-state index contributed by atoms with van der Waals surface area (Å²) >= 11 is 0. The number of rotatable bonds is 7. The smallest absolute Gasteiger partial charge is 0.372 e. The van der Waals surface area contributed by atoms with Crippen LogP contribution in [0.5, 0.6) is 0 Å². The summed E-state index contributed by atoms with van der Waals surface area (Å²) in [4.78, 5) is 31.0. The van der Waals surface area contributed by atoms with Crippen LogP contribution in [0, 0.1) is 0 Å². The van der Waals surface area contributed by atoms with Crippen molar-refractivity contribution in [3.05, 3.63) is 76.9 Å². The number of hydrogen-bond acceptors (Lipinski definition) is 4. The molecule has 196 valence electrons. The van der Waals surface area contributed by atoms with Crippen LogP contribution in [0.25, 0.3) is 10.8 Å². The van der Waals surface area contributed by atoms with Crippen LogP contribution in [0.2, 0.25) is 0 Å². The van der Waals surface area contributed by atoms with Crippen molar-refractivity contribution in [2.24, 2.45) is 0 Å². The van der Waals surface area contributed by atoms with Crippen molar-refractivity contribution >= 4 is 28.3 Å². The molecular weight excluding hydrogens is 483 g/mol. The second-order valence-electron chi connectivity index (χ2n) is 9.37. The second-order valence-corrected chi connectivity index (χ2v) is 9.37. The van der Waals surface area contributed by atoms with E-state index in [1.165, 1.54) is 36.0 Å². The van der Waals surface area contributed by atoms with Crippen molar-refractivity contribution in [2.45, 2.75) is 25.6 Å². The molecule has 6 nitrogen and oxygen atoms in total. The molecule has 1 atom stereocenters. The number of likely N-dealkylation sites (N-methyl/N-ethyl adjacent to an activating group) is 1. The van der Waals surface area contributed by atoms with E-state index >= 15 is 0 Å². The molecule has 0 bridgehead atoms. The number of alkyl halides is 3. The van der Waals surface area contributed by atoms with Crippen LogP contribution in [0.3, 0.4) is 0 Å². The lowest BCUT2D eigenvalue weighted by atomic mass is 9.83. The first-order valence-electron chi connectivity index (χ1n) is 12.2. The average molecular weight is 514 g/mol. The molecule has 4 rings (SSSR count). The molecule has 1 unspecified atom stereocenters. The van der Waals surface area contributed by atoms with Gasteiger partial charge in [-0.2, -0.15) is 13.2 Å². The van der Waals surface area contributed by atoms with E-state index in [1.807, 2.05) is 30.9 Å². The van der Waals surface area contributed by atoms with Crippen LogP contribution in [0.1, 0.15) is 40.9 Å². The van der Waals surface area contributed by atoms with Crippen LogP contribution in [0.15, 0.2) is 54.6 Å². The first-order chi connectivity index (χ1) is 17.4. The fourth-order valence-corrected chi connectivity index (χ4v) is 4.92. The maximum atomic E-state index is 14.5. The summed E-state index contributed by atoms with van der Waals surface area (Å²) in [6.07, 6.45) is -4.92. The summed E-state index contributed by atoms with van der Waals surface area (Å²) in [5.41, 5.74) is -4.60. The molecule has 2 amide bonds. The molecule has 0 aliphatic carbocycles. The summed E-state index contributed by atoms with van der Waals surface area (Å²) in [7, 11) is 2.88. The molecule has 1 heterocycles. The van der Waals surface area contributed by atoms with Gasteiger partial charge in [-0.25, -0.2) is 0 Å². The molecule has 0 aromatic heterocycles. The second kappa shape index (κ2) is 9.79. The Labute approximate surface area is 213 Å². The fraction of sp³-hybridized carbons (Fsp3) is 0.357. The molecule has 1 N–H and O–H groups in total. The maximum absolute atomic E-state index is 14.5. The van der Waals surface area contributed by atoms with Gasteiger partial charge in [-0.1, -0.05) is 50.2 Å². The molecule has 9 heteroatoms. The zero-order valence-electron chi connectivity index (χ0n) is 21.3. The Kier molecular flexibility index (Phi) is 7.05. The van der Waals surface area contributed by atoms with Gasteiger partial charge in [0.2, 0.25) is 0 Å². The summed E-state index contributed by atoms with van der Waals surface area (Å²) in [5.74, 6) is -1.50. The molecule has 37 heavy (non-hydrogen) atoms. The average Bonchev–Trinajstić information content (AvgIpc) is 3.09. The van der Waals surface area contributed by atoms with Gasteiger partial charge in [0, 0.05) is 38.3 Å². The van der Waals surface area contributed by atoms with Crippen molar-refractivity contribution in [1.29, 1.82) is 0 Å². The lowest BCUT2D eigenvalue weighted by Crippen LogP contribution is -2.44. The summed E-state index contributed by atoms with van der Waals surface area (Å²) in [6, 6.07) is 13.9. The van der Waals surface area contributed by atoms with Crippen molar-refractivity contribution in [2.75, 3.05) is 45.2 Å². The lowest BCUT2D eigenvalue weighted by molar-refractivity contribution is -0.142. The van der Waals surface area contributed by atoms with Gasteiger partial charge in [-0.05, 0) is 47.6 Å². The third kappa shape index (κ3) is 4.57. The van der Waals surface area contributed by atoms with E-state index < -0.39 is 34.7 Å². The number of carbonyl (C=O) groups is 2. The van der Waals surface area contributed by atoms with Crippen molar-refractivity contribution in [1.82, 2.24) is 9.80 Å². The Hall–Kier alpha value is -3.43. The van der Waals surface area contributed by atoms with Crippen LogP contribution < -0.4 is 4.90 Å². The lowest BCUT2D eigenvalue weighted by Gasteiger charge is -2.26. The molecule has 0 saturated heterocycles. The van der Waals surface area contributed by atoms with Crippen LogP contribution in [-0.2, 0) is 16.6 Å². The first kappa shape index (κ1) is 26.6. The van der Waals surface area contributed by atoms with Gasteiger partial charge in [0.25, 0.3) is 11.8 Å². The SMILES string of the molecule is CCN(CC)CCN1C(=O)C(O)(c2ccc3ccccc3c2)c2c1cc(C(=O)N(C)C)cc2C(F)(F)F. The fourth-order valence-electron chi connectivity index (χ4n) is 4.92. The van der Waals surface area contributed by atoms with Gasteiger partial charge in [0.1, 0.15) is 0 Å². The number of aliphatic hydroxyl groups is 1. The topological polar surface area (TPSA) is 64.1 Å². The van der Waals surface area contributed by atoms with Gasteiger partial charge in [0.05, 0.1) is 11.3 Å². The van der Waals surface area contributed by atoms with Gasteiger partial charge in [-0.3, -0.25) is 9.59 Å². The molecular formula is C28H30F3N3O3. The highest BCUT2D eigenvalue weighted by Crippen LogP contribution is 2.51. The predicted octanol–water partition coefficient (Wildman–Crippen LogP) is 4.48. The van der Waals surface area contributed by atoms with E-state index in [0.29, 0.717) is 25.0 Å². The highest BCUT2D eigenvalue weighted by atomic mass is 19.4. The Bertz CT molecular complexity index is 1350. The van der Waals surface area contributed by atoms with Crippen LogP contribution in [-0.4, -0.2) is 67.0 Å². The molecule has 1 aliphatic rings. The number of amides is 2. The number of hydrogen-bond donors (Lipinski definition) is 1. The van der Waals surface area contributed by atoms with Crippen LogP contribution in [0.4, 0.5) is 18.9 Å². The minimum atomic E-state index is -4.92. The number of halogens is 3. The standard InChI is InChI=1S/C28H30F3N3O3/c1-5-33(6-2)13-14-34-23-17-20(25(35)32(3)4)16-22(28(29,30)31)24(23)27(37,26(34)36)21-12-11-18-9-7-8-10-19(18)15-21/h7-12,15-17,37H,5-6,13-14H2,1-4H3. The largest absolute Gasteiger partial charge is 0.416 e. The Morgan fingerprint density at radius 3 is 2.24 bits per heavy atom. The van der Waals surface area contributed by atoms with Crippen LogP contribution >= 0.6 is 0 Å². The minimum Gasteiger partial charge on any atom is -0.372 e. The number of benzene rings is 3. The van der Waals surface area contributed by atoms with Crippen molar-refractivity contribution < 1.29 is 27.9 Å². The molecule has 0 fully saturated rings. The van der Waals surface area contributed by atoms with Crippen molar-refractivity contribution in [3.63, 3.8) is 0 Å². The first-order valence-corrected chi connectivity index (χ1v) is 12.2. The third-order valence-electron chi connectivity index (χ3n) is 6.98. The highest BCUT2D eigenvalue weighted by Gasteiger charge is 2.56. The Morgan fingerprint density at radius 1 is 1.00 bits per heavy atom. The molecule has 3 aromatic rings. The van der Waals surface area contributed by atoms with E-state index in [0.717, 1.165) is 11.5 Å². The minimum absolute atomic E-state index is 0.0416. The Balaban J connectivity index is 1.99. The third-order valence-corrected chi connectivity index (χ3v) is 6.98. The monoisotopic (exact) mass is 513 g/mol. The highest BCUT2D eigenvalue weighted by molar-refractivity contribution is 6.11. The van der Waals surface area contributed by atoms with Gasteiger partial charge >= 0.3 is 6.18 Å². The molecule has 1 aliphatic heterocycles. The molecule has 0 radical (unpaired) electrons. The number of anilines is 1. The van der Waals surface area contributed by atoms with E-state index in [4.69, 9.17) is 0 Å². The summed E-state index contributed by atoms with van der Waals surface area (Å²) < 4.78 is 43.5. The van der Waals surface area contributed by atoms with Crippen molar-refractivity contribution in [3.8, 4) is 0 Å². The quantitative estimate of drug-likeness (QED) is 0.506. The summed E-state index contributed by atoms with van der Waals surface area (Å²) in [6.45, 7) is 5.72. The predicted molar refractivity (Wildman–Crippen MR) is 137 cm³/mol. The number of carbonyl (C=O) groups excluding carboxylic acids is 2. The zero-order valence-corrected chi connectivity index (χ0v) is 21.3. The zero-order chi connectivity index (χ0) is 27.1. The molecule has 3 aromatic carbocycles. The van der Waals surface area contributed by atoms with Gasteiger partial charge in [-0.15, -0.1) is 0 Å². The molecule has 0 spiro atoms. The summed E-state index contributed by atoms with van der Waals surface area (Å²) in [5, 5.41) is 13.5. The van der Waals surface area contributed by atoms with E-state index in [9.17, 15) is 27.9 Å². The normalized spacial score (nSPS) is 17.5. The maximum Gasteiger partial charge on any atom is 0.416 e. The van der Waals surface area contributed by atoms with E-state index in [1.54, 1.807) is 24.3 Å². The number of nitrogens with zero attached hydrogens (tertiary/aromatic N) is 3. The number of fused-ring (bicyclic) bond motifs is 2. The van der Waals surface area contributed by atoms with Gasteiger partial charge < -0.3 is 19.8 Å². The molecule has 0 saturated carbocycles. The van der Waals surface area contributed by atoms with E-state index in [2.05, 4.69) is 0 Å². The van der Waals surface area contributed by atoms with Gasteiger partial charge in [0.15, 0.2) is 5.60 Å².